The van der Waals surface area contributed by atoms with E-state index in [0.29, 0.717) is 42.3 Å². The van der Waals surface area contributed by atoms with Crippen LogP contribution < -0.4 is 34.8 Å². The van der Waals surface area contributed by atoms with E-state index in [1.807, 2.05) is 45.0 Å². The predicted molar refractivity (Wildman–Crippen MR) is 520 cm³/mol. The summed E-state index contributed by atoms with van der Waals surface area (Å²) in [5, 5.41) is 19.8. The number of aliphatic hydroxyl groups is 1. The number of carbonyl (C=O) groups excluding carboxylic acids is 2. The van der Waals surface area contributed by atoms with Crippen LogP contribution in [0.3, 0.4) is 0 Å². The fraction of sp³-hybridized carbons (Fsp3) is 0.514. The second-order valence-electron chi connectivity index (χ2n) is 32.8. The van der Waals surface area contributed by atoms with Gasteiger partial charge in [0.2, 0.25) is 0 Å². The Labute approximate surface area is 779 Å². The Kier molecular flexibility index (Phi) is 69.9. The Bertz CT molecular complexity index is 3770. The van der Waals surface area contributed by atoms with Crippen molar-refractivity contribution < 1.29 is 77.6 Å². The van der Waals surface area contributed by atoms with Crippen LogP contribution in [-0.4, -0.2) is 91.7 Å². The number of nitrogens with zero attached hydrogens (tertiary/aromatic N) is 2. The number of likely N-dealkylation sites (tertiary alicyclic amines) is 1. The van der Waals surface area contributed by atoms with E-state index in [1.165, 1.54) is 195 Å². The number of aryl methyl sites for hydroxylation is 4. The molecule has 0 bridgehead atoms. The number of piperidine rings is 1. The number of hydrogen-bond donors (Lipinski definition) is 1. The maximum absolute atomic E-state index is 11.9. The molecule has 0 radical (unpaired) electrons. The molecule has 8 aromatic carbocycles. The van der Waals surface area contributed by atoms with Crippen LogP contribution in [0.4, 0.5) is 5.69 Å². The van der Waals surface area contributed by atoms with Crippen LogP contribution in [0.1, 0.15) is 328 Å². The second-order valence-corrected chi connectivity index (χ2v) is 34.2. The molecule has 1 saturated heterocycles. The summed E-state index contributed by atoms with van der Waals surface area (Å²) in [7, 11) is 2.37. The number of hydrogen-bond acceptors (Lipinski definition) is 11. The van der Waals surface area contributed by atoms with E-state index in [4.69, 9.17) is 37.3 Å². The monoisotopic (exact) mass is 1730 g/mol. The van der Waals surface area contributed by atoms with Crippen LogP contribution in [0, 0.1) is 26.2 Å². The van der Waals surface area contributed by atoms with Crippen LogP contribution in [0.25, 0.3) is 0 Å². The summed E-state index contributed by atoms with van der Waals surface area (Å²) in [6.07, 6.45) is 39.0. The van der Waals surface area contributed by atoms with E-state index < -0.39 is 17.2 Å². The number of rotatable bonds is 44. The van der Waals surface area contributed by atoms with Gasteiger partial charge >= 0.3 is 41.5 Å². The van der Waals surface area contributed by atoms with Crippen molar-refractivity contribution in [1.29, 1.82) is 0 Å². The Morgan fingerprint density at radius 1 is 0.512 bits per heavy atom. The zero-order chi connectivity index (χ0) is 89.5. The Morgan fingerprint density at radius 3 is 1.32 bits per heavy atom. The van der Waals surface area contributed by atoms with Crippen molar-refractivity contribution in [2.75, 3.05) is 52.4 Å². The summed E-state index contributed by atoms with van der Waals surface area (Å²) in [4.78, 5) is 27.8. The number of ether oxygens (including phenoxy) is 3. The molecule has 1 fully saturated rings. The van der Waals surface area contributed by atoms with E-state index in [2.05, 4.69) is 291 Å². The molecule has 5 unspecified atom stereocenters. The van der Waals surface area contributed by atoms with Crippen molar-refractivity contribution in [2.45, 2.75) is 311 Å². The van der Waals surface area contributed by atoms with Gasteiger partial charge in [0.25, 0.3) is 0 Å². The van der Waals surface area contributed by atoms with Crippen molar-refractivity contribution in [3.05, 3.63) is 280 Å². The molecule has 1 heterocycles. The standard InChI is InChI=1S/C39H40.C16H30O7S.2C15H24.C12H13NO.C8H18N.C2H5Cl.C2H6O.Na/c1-29(2)32-26-24-31(25-27-32)28-37(34-18-10-5-11-19-34)39(36-22-14-7-15-23-36)38(35-20-12-6-13-21-35)30(3)33-16-8-4-9-17-33;1-3-5-7-9-11-20-15(17)13-14(24-23-22-19)16(18)21-12-10-8-6-4-2;2*1-3-4-5-6-7-8-9-15-12-10-14(2)11-13-15;1-4-11-5-7-12(8-6-11)13-9-14-10(2)3;1-3-9(2)7-5-4-6-8-9;2*1-2-3;/h4-27,29-30,37-39H,28H2,1-3H3;14,19H,3-13H2,1-2H3;2*10-13H,3-9H2,1-2H3;1,5-10H,2-3H3;3-8H2,1-2H3;2H2,1H3;3H,2H2,1H3;/q;;;;;+1;;;+1/p-1. The maximum atomic E-state index is 11.9. The molecule has 1 N–H and O–H groups in total. The van der Waals surface area contributed by atoms with Crippen molar-refractivity contribution in [3.63, 3.8) is 0 Å². The number of carbonyl (C=O) groups is 2. The normalized spacial score (nSPS) is 12.9. The van der Waals surface area contributed by atoms with Gasteiger partial charge in [0, 0.05) is 30.1 Å². The summed E-state index contributed by atoms with van der Waals surface area (Å²) in [6, 6.07) is 79.4. The molecule has 0 aliphatic carbocycles. The number of aliphatic imine (C=N–C) groups is 1. The maximum Gasteiger partial charge on any atom is 1.00 e. The van der Waals surface area contributed by atoms with Gasteiger partial charge in [-0.25, -0.2) is 4.99 Å². The van der Waals surface area contributed by atoms with E-state index in [1.54, 1.807) is 6.92 Å². The van der Waals surface area contributed by atoms with Crippen molar-refractivity contribution in [2.24, 2.45) is 4.99 Å². The van der Waals surface area contributed by atoms with Gasteiger partial charge in [-0.05, 0) is 204 Å². The molecule has 9 rings (SSSR count). The zero-order valence-electron chi connectivity index (χ0n) is 78.9. The Balaban J connectivity index is 0.000000777. The van der Waals surface area contributed by atoms with E-state index in [0.717, 1.165) is 74.9 Å². The van der Waals surface area contributed by atoms with E-state index in [-0.39, 0.29) is 61.2 Å². The molecule has 0 saturated carbocycles. The third kappa shape index (κ3) is 54.7. The molecule has 672 valence electrons. The van der Waals surface area contributed by atoms with Gasteiger partial charge in [-0.15, -0.1) is 18.0 Å². The molecule has 123 heavy (non-hydrogen) atoms. The molecule has 11 nitrogen and oxygen atoms in total. The molecule has 8 aromatic rings. The summed E-state index contributed by atoms with van der Waals surface area (Å²) in [5.41, 5.74) is 15.8. The van der Waals surface area contributed by atoms with Gasteiger partial charge in [-0.2, -0.15) is 4.33 Å². The summed E-state index contributed by atoms with van der Waals surface area (Å²) < 4.78 is 20.8. The van der Waals surface area contributed by atoms with Crippen LogP contribution in [0.5, 0.6) is 0 Å². The molecular formula is C109H159ClN2NaO9S+. The molecule has 1 aliphatic rings. The first-order chi connectivity index (χ1) is 59.2. The number of benzene rings is 8. The summed E-state index contributed by atoms with van der Waals surface area (Å²) in [5.74, 6) is 3.91. The van der Waals surface area contributed by atoms with Crippen LogP contribution in [-0.2, 0) is 52.4 Å². The SMILES string of the molecule is C#Cc1ccc(N=COC(C)C)cc1.CC(C)c1ccc(CC(c2ccccc2)C(c2ccccc2)C(c2ccccc2)C(C)c2ccccc2)cc1.CCCCCCCCc1ccc(C)cc1.CCCCCCCCc1ccc(C)cc1.CCCCCCOC(=O)CC(SOO[O-])C(=O)OCCCCCC.CCCl.CCO.CC[N+]1(C)CCCCC1.[Na+]. The first-order valence-electron chi connectivity index (χ1n) is 46.3. The van der Waals surface area contributed by atoms with Crippen LogP contribution in [0.2, 0.25) is 0 Å². The number of aliphatic hydroxyl groups excluding tert-OH is 1. The van der Waals surface area contributed by atoms with Crippen molar-refractivity contribution >= 4 is 47.7 Å². The number of quaternary nitrogens is 1. The van der Waals surface area contributed by atoms with Crippen molar-refractivity contribution in [3.8, 4) is 12.3 Å². The van der Waals surface area contributed by atoms with Crippen LogP contribution in [0.15, 0.2) is 223 Å². The van der Waals surface area contributed by atoms with Crippen LogP contribution >= 0.6 is 23.6 Å². The van der Waals surface area contributed by atoms with Crippen molar-refractivity contribution in [1.82, 2.24) is 0 Å². The van der Waals surface area contributed by atoms with Gasteiger partial charge in [0.05, 0.1) is 58.1 Å². The smallest absolute Gasteiger partial charge is 0.691 e. The largest absolute Gasteiger partial charge is 1.00 e. The Hall–Kier alpha value is -6.83. The minimum Gasteiger partial charge on any atom is -0.691 e. The topological polar surface area (TPSA) is 136 Å². The number of alkyl halides is 1. The van der Waals surface area contributed by atoms with Gasteiger partial charge in [-0.3, -0.25) is 14.6 Å². The third-order valence-corrected chi connectivity index (χ3v) is 22.5. The molecule has 0 aromatic heterocycles. The fourth-order valence-electron chi connectivity index (χ4n) is 14.4. The fourth-order valence-corrected chi connectivity index (χ4v) is 14.9. The first-order valence-corrected chi connectivity index (χ1v) is 47.7. The summed E-state index contributed by atoms with van der Waals surface area (Å²) in [6.45, 7) is 34.7. The average molecular weight is 1730 g/mol. The molecule has 0 spiro atoms. The molecular weight excluding hydrogens is 1570 g/mol. The predicted octanol–water partition coefficient (Wildman–Crippen LogP) is 25.8. The zero-order valence-corrected chi connectivity index (χ0v) is 82.5. The van der Waals surface area contributed by atoms with Gasteiger partial charge in [-0.1, -0.05) is 369 Å². The number of unbranched alkanes of at least 4 members (excludes halogenated alkanes) is 16. The quantitative estimate of drug-likeness (QED) is 0.00336. The minimum absolute atomic E-state index is 0. The molecule has 14 heteroatoms. The van der Waals surface area contributed by atoms with E-state index >= 15 is 0 Å². The minimum atomic E-state index is -0.978. The number of esters is 2. The average Bonchev–Trinajstić information content (AvgIpc) is 0.774. The molecule has 0 amide bonds. The third-order valence-electron chi connectivity index (χ3n) is 21.8. The van der Waals surface area contributed by atoms with Gasteiger partial charge < -0.3 is 29.1 Å². The summed E-state index contributed by atoms with van der Waals surface area (Å²) >= 11 is 5.46. The molecule has 5 atom stereocenters. The number of terminal acetylenes is 1. The first kappa shape index (κ1) is 114. The van der Waals surface area contributed by atoms with Gasteiger partial charge in [0.15, 0.2) is 6.40 Å². The Morgan fingerprint density at radius 2 is 0.911 bits per heavy atom. The second kappa shape index (κ2) is 75.3. The van der Waals surface area contributed by atoms with Gasteiger partial charge in [0.1, 0.15) is 5.25 Å². The van der Waals surface area contributed by atoms with E-state index in [9.17, 15) is 14.8 Å². The number of halogens is 1. The molecule has 1 aliphatic heterocycles.